The molecule has 5 heteroatoms. The summed E-state index contributed by atoms with van der Waals surface area (Å²) in [5, 5.41) is 3.18. The fourth-order valence-corrected chi connectivity index (χ4v) is 5.78. The zero-order valence-corrected chi connectivity index (χ0v) is 20.9. The van der Waals surface area contributed by atoms with Gasteiger partial charge in [-0.2, -0.15) is 0 Å². The lowest BCUT2D eigenvalue weighted by Gasteiger charge is -2.25. The molecule has 2 atom stereocenters. The molecule has 0 saturated carbocycles. The molecule has 4 aromatic rings. The summed E-state index contributed by atoms with van der Waals surface area (Å²) in [5.41, 5.74) is 5.97. The third kappa shape index (κ3) is 5.21. The molecule has 0 aliphatic carbocycles. The van der Waals surface area contributed by atoms with E-state index in [4.69, 9.17) is 0 Å². The lowest BCUT2D eigenvalue weighted by Crippen LogP contribution is -2.30. The maximum Gasteiger partial charge on any atom is 0.252 e. The molecular formula is C31H28N2O2S. The molecule has 5 rings (SSSR count). The highest BCUT2D eigenvalue weighted by atomic mass is 32.2. The van der Waals surface area contributed by atoms with Crippen molar-refractivity contribution in [3.8, 4) is 0 Å². The van der Waals surface area contributed by atoms with E-state index in [1.807, 2.05) is 102 Å². The van der Waals surface area contributed by atoms with Crippen LogP contribution in [0, 0.1) is 6.92 Å². The van der Waals surface area contributed by atoms with E-state index < -0.39 is 0 Å². The third-order valence-electron chi connectivity index (χ3n) is 6.53. The van der Waals surface area contributed by atoms with Crippen molar-refractivity contribution in [1.82, 2.24) is 10.2 Å². The normalized spacial score (nSPS) is 16.1. The van der Waals surface area contributed by atoms with Crippen LogP contribution >= 0.6 is 11.8 Å². The Labute approximate surface area is 216 Å². The molecule has 0 aromatic heterocycles. The molecule has 0 unspecified atom stereocenters. The predicted molar refractivity (Wildman–Crippen MR) is 146 cm³/mol. The van der Waals surface area contributed by atoms with Gasteiger partial charge in [0, 0.05) is 12.1 Å². The van der Waals surface area contributed by atoms with Crippen molar-refractivity contribution in [2.45, 2.75) is 24.9 Å². The average Bonchev–Trinajstić information content (AvgIpc) is 3.28. The molecule has 180 valence electrons. The first-order valence-electron chi connectivity index (χ1n) is 12.1. The second kappa shape index (κ2) is 10.8. The maximum atomic E-state index is 13.3. The molecule has 1 heterocycles. The Kier molecular flexibility index (Phi) is 7.19. The number of hydrogen-bond donors (Lipinski definition) is 1. The Hall–Kier alpha value is -3.83. The van der Waals surface area contributed by atoms with Crippen molar-refractivity contribution in [2.75, 3.05) is 5.75 Å². The Bertz CT molecular complexity index is 1340. The molecule has 0 spiro atoms. The molecule has 1 N–H and O–H groups in total. The summed E-state index contributed by atoms with van der Waals surface area (Å²) in [7, 11) is 0. The van der Waals surface area contributed by atoms with Crippen molar-refractivity contribution < 1.29 is 9.59 Å². The van der Waals surface area contributed by atoms with E-state index in [9.17, 15) is 9.59 Å². The minimum atomic E-state index is -0.246. The first-order valence-corrected chi connectivity index (χ1v) is 13.1. The fraction of sp³-hybridized carbons (Fsp3) is 0.161. The Morgan fingerprint density at radius 1 is 0.889 bits per heavy atom. The second-order valence-corrected chi connectivity index (χ2v) is 10.0. The Morgan fingerprint density at radius 3 is 2.22 bits per heavy atom. The van der Waals surface area contributed by atoms with Gasteiger partial charge < -0.3 is 10.2 Å². The number of rotatable bonds is 7. The van der Waals surface area contributed by atoms with Crippen LogP contribution in [0.1, 0.15) is 49.6 Å². The number of amides is 2. The van der Waals surface area contributed by atoms with E-state index in [1.54, 1.807) is 11.8 Å². The van der Waals surface area contributed by atoms with Crippen molar-refractivity contribution >= 4 is 23.6 Å². The largest absolute Gasteiger partial charge is 0.341 e. The Morgan fingerprint density at radius 2 is 1.53 bits per heavy atom. The molecule has 4 aromatic carbocycles. The van der Waals surface area contributed by atoms with Gasteiger partial charge in [-0.1, -0.05) is 97.1 Å². The number of carbonyl (C=O) groups is 2. The van der Waals surface area contributed by atoms with Crippen molar-refractivity contribution in [3.05, 3.63) is 143 Å². The first kappa shape index (κ1) is 23.9. The highest BCUT2D eigenvalue weighted by molar-refractivity contribution is 8.00. The summed E-state index contributed by atoms with van der Waals surface area (Å²) in [6.45, 7) is 2.64. The zero-order chi connectivity index (χ0) is 24.9. The first-order chi connectivity index (χ1) is 17.6. The summed E-state index contributed by atoms with van der Waals surface area (Å²) in [5.74, 6) is 0.476. The number of hydrogen-bond acceptors (Lipinski definition) is 3. The molecule has 1 aliphatic heterocycles. The van der Waals surface area contributed by atoms with Crippen molar-refractivity contribution in [2.24, 2.45) is 0 Å². The van der Waals surface area contributed by atoms with Crippen LogP contribution in [0.3, 0.4) is 0 Å². The van der Waals surface area contributed by atoms with E-state index in [2.05, 4.69) is 24.4 Å². The second-order valence-electron chi connectivity index (χ2n) is 8.97. The number of aryl methyl sites for hydroxylation is 1. The van der Waals surface area contributed by atoms with Crippen molar-refractivity contribution in [3.63, 3.8) is 0 Å². The van der Waals surface area contributed by atoms with Gasteiger partial charge in [0.2, 0.25) is 5.91 Å². The summed E-state index contributed by atoms with van der Waals surface area (Å²) in [6.07, 6.45) is 0. The maximum absolute atomic E-state index is 13.3. The predicted octanol–water partition coefficient (Wildman–Crippen LogP) is 6.29. The van der Waals surface area contributed by atoms with Gasteiger partial charge in [-0.3, -0.25) is 9.59 Å². The van der Waals surface area contributed by atoms with Crippen LogP contribution in [0.25, 0.3) is 0 Å². The zero-order valence-electron chi connectivity index (χ0n) is 20.1. The van der Waals surface area contributed by atoms with Gasteiger partial charge in [0.1, 0.15) is 5.37 Å². The molecule has 1 aliphatic rings. The van der Waals surface area contributed by atoms with Crippen molar-refractivity contribution in [1.29, 1.82) is 0 Å². The number of benzene rings is 4. The summed E-state index contributed by atoms with van der Waals surface area (Å²) >= 11 is 1.63. The van der Waals surface area contributed by atoms with Crippen LogP contribution in [-0.2, 0) is 11.3 Å². The van der Waals surface area contributed by atoms with Gasteiger partial charge in [0.05, 0.1) is 11.8 Å². The van der Waals surface area contributed by atoms with E-state index in [0.29, 0.717) is 17.9 Å². The third-order valence-corrected chi connectivity index (χ3v) is 7.79. The lowest BCUT2D eigenvalue weighted by molar-refractivity contribution is -0.128. The van der Waals surface area contributed by atoms with E-state index >= 15 is 0 Å². The monoisotopic (exact) mass is 492 g/mol. The SMILES string of the molecule is Cc1ccccc1[C@H](NC(=O)c1ccc([C@H]2SCC(=O)N2Cc2ccccc2)cc1)c1ccccc1. The number of nitrogens with one attached hydrogen (secondary N) is 1. The quantitative estimate of drug-likeness (QED) is 0.330. The fourth-order valence-electron chi connectivity index (χ4n) is 4.59. The topological polar surface area (TPSA) is 49.4 Å². The molecule has 2 amide bonds. The average molecular weight is 493 g/mol. The summed E-state index contributed by atoms with van der Waals surface area (Å²) in [6, 6.07) is 35.6. The van der Waals surface area contributed by atoms with Gasteiger partial charge in [0.25, 0.3) is 5.91 Å². The van der Waals surface area contributed by atoms with Gasteiger partial charge >= 0.3 is 0 Å². The molecule has 4 nitrogen and oxygen atoms in total. The van der Waals surface area contributed by atoms with Gasteiger partial charge in [-0.05, 0) is 46.9 Å². The van der Waals surface area contributed by atoms with Gasteiger partial charge in [-0.15, -0.1) is 11.8 Å². The number of thioether (sulfide) groups is 1. The van der Waals surface area contributed by atoms with Crippen LogP contribution in [0.5, 0.6) is 0 Å². The van der Waals surface area contributed by atoms with E-state index in [1.165, 1.54) is 0 Å². The van der Waals surface area contributed by atoms with Gasteiger partial charge in [0.15, 0.2) is 0 Å². The van der Waals surface area contributed by atoms with Crippen LogP contribution in [0.2, 0.25) is 0 Å². The van der Waals surface area contributed by atoms with Gasteiger partial charge in [-0.25, -0.2) is 0 Å². The van der Waals surface area contributed by atoms with E-state index in [0.717, 1.165) is 27.8 Å². The number of carbonyl (C=O) groups excluding carboxylic acids is 2. The highest BCUT2D eigenvalue weighted by Gasteiger charge is 2.32. The minimum absolute atomic E-state index is 0.0566. The molecule has 36 heavy (non-hydrogen) atoms. The number of nitrogens with zero attached hydrogens (tertiary/aromatic N) is 1. The van der Waals surface area contributed by atoms with E-state index in [-0.39, 0.29) is 23.2 Å². The van der Waals surface area contributed by atoms with Crippen LogP contribution in [0.15, 0.2) is 109 Å². The summed E-state index contributed by atoms with van der Waals surface area (Å²) in [4.78, 5) is 27.8. The lowest BCUT2D eigenvalue weighted by atomic mass is 9.94. The Balaban J connectivity index is 1.35. The van der Waals surface area contributed by atoms with Crippen LogP contribution < -0.4 is 5.32 Å². The smallest absolute Gasteiger partial charge is 0.252 e. The summed E-state index contributed by atoms with van der Waals surface area (Å²) < 4.78 is 0. The van der Waals surface area contributed by atoms with Crippen LogP contribution in [0.4, 0.5) is 0 Å². The molecule has 1 fully saturated rings. The minimum Gasteiger partial charge on any atom is -0.341 e. The highest BCUT2D eigenvalue weighted by Crippen LogP contribution is 2.39. The molecule has 0 bridgehead atoms. The molecule has 0 radical (unpaired) electrons. The molecule has 1 saturated heterocycles. The molecular weight excluding hydrogens is 464 g/mol. The standard InChI is InChI=1S/C31H28N2O2S/c1-22-10-8-9-15-27(22)29(24-13-6-3-7-14-24)32-30(35)25-16-18-26(19-17-25)31-33(28(34)21-36-31)20-23-11-4-2-5-12-23/h2-19,29,31H,20-21H2,1H3,(H,32,35)/t29-,31-/m1/s1. The van der Waals surface area contributed by atoms with Crippen LogP contribution in [-0.4, -0.2) is 22.5 Å².